The third-order valence-electron chi connectivity index (χ3n) is 2.11. The molecule has 0 spiro atoms. The molecule has 2 atom stereocenters. The molecule has 0 aliphatic carbocycles. The first-order valence-electron chi connectivity index (χ1n) is 4.98. The van der Waals surface area contributed by atoms with E-state index in [9.17, 15) is 5.11 Å². The van der Waals surface area contributed by atoms with Crippen LogP contribution in [0, 0.1) is 0 Å². The molecule has 0 saturated heterocycles. The van der Waals surface area contributed by atoms with Gasteiger partial charge >= 0.3 is 0 Å². The van der Waals surface area contributed by atoms with Gasteiger partial charge in [0.25, 0.3) is 0 Å². The fourth-order valence-corrected chi connectivity index (χ4v) is 1.88. The summed E-state index contributed by atoms with van der Waals surface area (Å²) in [6.45, 7) is 3.80. The van der Waals surface area contributed by atoms with Gasteiger partial charge in [-0.1, -0.05) is 15.9 Å². The minimum Gasteiger partial charge on any atom is -0.397 e. The Kier molecular flexibility index (Phi) is 4.42. The molecule has 84 valence electrons. The first-order chi connectivity index (χ1) is 6.99. The molecule has 0 aliphatic heterocycles. The van der Waals surface area contributed by atoms with Gasteiger partial charge in [0.2, 0.25) is 0 Å². The maximum absolute atomic E-state index is 9.24. The zero-order valence-corrected chi connectivity index (χ0v) is 10.6. The molecule has 1 aromatic carbocycles. The van der Waals surface area contributed by atoms with E-state index >= 15 is 0 Å². The number of rotatable bonds is 4. The van der Waals surface area contributed by atoms with Crippen LogP contribution in [0.2, 0.25) is 0 Å². The molecule has 15 heavy (non-hydrogen) atoms. The van der Waals surface area contributed by atoms with Crippen LogP contribution in [-0.2, 0) is 0 Å². The number of benzene rings is 1. The Morgan fingerprint density at radius 1 is 1.47 bits per heavy atom. The Morgan fingerprint density at radius 3 is 2.67 bits per heavy atom. The van der Waals surface area contributed by atoms with E-state index in [1.54, 1.807) is 6.92 Å². The minimum absolute atomic E-state index is 0.202. The number of nitrogens with two attached hydrogens (primary N) is 1. The molecule has 2 unspecified atom stereocenters. The minimum atomic E-state index is -0.302. The molecule has 4 heteroatoms. The number of hydrogen-bond acceptors (Lipinski definition) is 3. The molecule has 4 N–H and O–H groups in total. The van der Waals surface area contributed by atoms with Gasteiger partial charge in [-0.3, -0.25) is 0 Å². The van der Waals surface area contributed by atoms with Crippen LogP contribution in [-0.4, -0.2) is 17.3 Å². The fourth-order valence-electron chi connectivity index (χ4n) is 1.50. The van der Waals surface area contributed by atoms with Gasteiger partial charge in [-0.2, -0.15) is 0 Å². The van der Waals surface area contributed by atoms with Crippen LogP contribution in [0.15, 0.2) is 22.7 Å². The smallest absolute Gasteiger partial charge is 0.0576 e. The van der Waals surface area contributed by atoms with Crippen LogP contribution >= 0.6 is 15.9 Å². The Bertz CT molecular complexity index is 328. The third kappa shape index (κ3) is 4.10. The Hall–Kier alpha value is -0.740. The number of anilines is 2. The summed E-state index contributed by atoms with van der Waals surface area (Å²) >= 11 is 3.36. The summed E-state index contributed by atoms with van der Waals surface area (Å²) in [5.74, 6) is 0. The van der Waals surface area contributed by atoms with Gasteiger partial charge < -0.3 is 16.2 Å². The molecule has 0 radical (unpaired) electrons. The zero-order chi connectivity index (χ0) is 11.4. The lowest BCUT2D eigenvalue weighted by Crippen LogP contribution is -2.21. The van der Waals surface area contributed by atoms with E-state index in [0.29, 0.717) is 12.1 Å². The lowest BCUT2D eigenvalue weighted by molar-refractivity contribution is 0.179. The Morgan fingerprint density at radius 2 is 2.13 bits per heavy atom. The largest absolute Gasteiger partial charge is 0.397 e. The van der Waals surface area contributed by atoms with Crippen LogP contribution in [0.5, 0.6) is 0 Å². The van der Waals surface area contributed by atoms with Crippen molar-refractivity contribution in [1.82, 2.24) is 0 Å². The lowest BCUT2D eigenvalue weighted by atomic mass is 10.1. The quantitative estimate of drug-likeness (QED) is 0.739. The number of hydrogen-bond donors (Lipinski definition) is 3. The number of aliphatic hydroxyl groups is 1. The molecule has 0 amide bonds. The van der Waals surface area contributed by atoms with Crippen LogP contribution in [0.4, 0.5) is 11.4 Å². The molecule has 0 bridgehead atoms. The molecule has 0 aromatic heterocycles. The molecular formula is C11H17BrN2O. The summed E-state index contributed by atoms with van der Waals surface area (Å²) < 4.78 is 0.966. The van der Waals surface area contributed by atoms with Crippen molar-refractivity contribution in [2.75, 3.05) is 11.1 Å². The predicted octanol–water partition coefficient (Wildman–Crippen LogP) is 2.60. The van der Waals surface area contributed by atoms with E-state index in [4.69, 9.17) is 5.73 Å². The summed E-state index contributed by atoms with van der Waals surface area (Å²) in [6.07, 6.45) is 0.402. The highest BCUT2D eigenvalue weighted by atomic mass is 79.9. The van der Waals surface area contributed by atoms with Crippen LogP contribution < -0.4 is 11.1 Å². The number of nitrogen functional groups attached to an aromatic ring is 1. The second-order valence-corrected chi connectivity index (χ2v) is 4.78. The van der Waals surface area contributed by atoms with E-state index in [2.05, 4.69) is 21.2 Å². The van der Waals surface area contributed by atoms with E-state index < -0.39 is 0 Å². The summed E-state index contributed by atoms with van der Waals surface area (Å²) in [6, 6.07) is 5.93. The van der Waals surface area contributed by atoms with Gasteiger partial charge in [0, 0.05) is 10.5 Å². The molecule has 0 saturated carbocycles. The maximum atomic E-state index is 9.24. The van der Waals surface area contributed by atoms with Crippen molar-refractivity contribution in [3.05, 3.63) is 22.7 Å². The van der Waals surface area contributed by atoms with Crippen LogP contribution in [0.1, 0.15) is 20.3 Å². The maximum Gasteiger partial charge on any atom is 0.0576 e. The molecule has 1 aromatic rings. The number of nitrogens with one attached hydrogen (secondary N) is 1. The fraction of sp³-hybridized carbons (Fsp3) is 0.455. The third-order valence-corrected chi connectivity index (χ3v) is 2.60. The highest BCUT2D eigenvalue weighted by Crippen LogP contribution is 2.24. The van der Waals surface area contributed by atoms with Crippen molar-refractivity contribution < 1.29 is 5.11 Å². The van der Waals surface area contributed by atoms with Gasteiger partial charge in [-0.15, -0.1) is 0 Å². The summed E-state index contributed by atoms with van der Waals surface area (Å²) in [5.41, 5.74) is 7.46. The second kappa shape index (κ2) is 5.37. The molecule has 0 aliphatic rings. The van der Waals surface area contributed by atoms with Gasteiger partial charge in [0.1, 0.15) is 0 Å². The van der Waals surface area contributed by atoms with Gasteiger partial charge in [0.05, 0.1) is 17.5 Å². The molecule has 0 heterocycles. The van der Waals surface area contributed by atoms with Crippen molar-refractivity contribution in [2.45, 2.75) is 32.4 Å². The molecule has 0 fully saturated rings. The highest BCUT2D eigenvalue weighted by Gasteiger charge is 2.07. The predicted molar refractivity (Wildman–Crippen MR) is 67.9 cm³/mol. The summed E-state index contributed by atoms with van der Waals surface area (Å²) in [7, 11) is 0. The van der Waals surface area contributed by atoms with Crippen molar-refractivity contribution in [3.63, 3.8) is 0 Å². The van der Waals surface area contributed by atoms with E-state index in [-0.39, 0.29) is 12.1 Å². The lowest BCUT2D eigenvalue weighted by Gasteiger charge is -2.18. The van der Waals surface area contributed by atoms with Gasteiger partial charge in [-0.25, -0.2) is 0 Å². The molecular weight excluding hydrogens is 256 g/mol. The van der Waals surface area contributed by atoms with Crippen molar-refractivity contribution in [2.24, 2.45) is 0 Å². The summed E-state index contributed by atoms with van der Waals surface area (Å²) in [5, 5.41) is 12.5. The first-order valence-corrected chi connectivity index (χ1v) is 5.78. The number of halogens is 1. The van der Waals surface area contributed by atoms with Crippen LogP contribution in [0.3, 0.4) is 0 Å². The van der Waals surface area contributed by atoms with Gasteiger partial charge in [0.15, 0.2) is 0 Å². The standard InChI is InChI=1S/C11H17BrN2O/c1-7(5-8(2)15)14-11-4-3-9(12)6-10(11)13/h3-4,6-8,14-15H,5,13H2,1-2H3. The van der Waals surface area contributed by atoms with E-state index in [1.807, 2.05) is 25.1 Å². The Labute approximate surface area is 98.8 Å². The van der Waals surface area contributed by atoms with E-state index in [1.165, 1.54) is 0 Å². The monoisotopic (exact) mass is 272 g/mol. The SMILES string of the molecule is CC(O)CC(C)Nc1ccc(Br)cc1N. The average Bonchev–Trinajstić information content (AvgIpc) is 2.08. The van der Waals surface area contributed by atoms with E-state index in [0.717, 1.165) is 10.2 Å². The van der Waals surface area contributed by atoms with Crippen LogP contribution in [0.25, 0.3) is 0 Å². The second-order valence-electron chi connectivity index (χ2n) is 3.86. The van der Waals surface area contributed by atoms with Crippen molar-refractivity contribution in [3.8, 4) is 0 Å². The normalized spacial score (nSPS) is 14.7. The summed E-state index contributed by atoms with van der Waals surface area (Å²) in [4.78, 5) is 0. The van der Waals surface area contributed by atoms with Crippen molar-refractivity contribution >= 4 is 27.3 Å². The topological polar surface area (TPSA) is 58.3 Å². The first kappa shape index (κ1) is 12.3. The molecule has 1 rings (SSSR count). The van der Waals surface area contributed by atoms with Gasteiger partial charge in [-0.05, 0) is 38.5 Å². The average molecular weight is 273 g/mol. The molecule has 3 nitrogen and oxygen atoms in total. The van der Waals surface area contributed by atoms with Crippen molar-refractivity contribution in [1.29, 1.82) is 0 Å². The number of aliphatic hydroxyl groups excluding tert-OH is 1. The zero-order valence-electron chi connectivity index (χ0n) is 9.00. The Balaban J connectivity index is 2.64. The highest BCUT2D eigenvalue weighted by molar-refractivity contribution is 9.10.